The normalized spacial score (nSPS) is 17.3. The van der Waals surface area contributed by atoms with E-state index in [9.17, 15) is 4.79 Å². The SMILES string of the molecule is CC1c2cccn2CCN1Cc1nc2scc(-c3ccccc3)c2c(=O)[nH]1. The van der Waals surface area contributed by atoms with E-state index < -0.39 is 0 Å². The van der Waals surface area contributed by atoms with Crippen LogP contribution in [0.3, 0.4) is 0 Å². The van der Waals surface area contributed by atoms with Crippen LogP contribution in [0.5, 0.6) is 0 Å². The third-order valence-electron chi connectivity index (χ3n) is 5.40. The minimum atomic E-state index is -0.0526. The van der Waals surface area contributed by atoms with Crippen LogP contribution in [0.4, 0.5) is 0 Å². The summed E-state index contributed by atoms with van der Waals surface area (Å²) >= 11 is 1.54. The van der Waals surface area contributed by atoms with Crippen LogP contribution in [-0.4, -0.2) is 26.0 Å². The van der Waals surface area contributed by atoms with Crippen LogP contribution in [0, 0.1) is 0 Å². The molecule has 136 valence electrons. The van der Waals surface area contributed by atoms with Crippen LogP contribution >= 0.6 is 11.3 Å². The number of thiophene rings is 1. The molecule has 4 heterocycles. The Kier molecular flexibility index (Phi) is 3.95. The summed E-state index contributed by atoms with van der Waals surface area (Å²) in [4.78, 5) is 23.8. The number of fused-ring (bicyclic) bond motifs is 2. The van der Waals surface area contributed by atoms with Gasteiger partial charge in [0.25, 0.3) is 5.56 Å². The van der Waals surface area contributed by atoms with Crippen molar-refractivity contribution < 1.29 is 0 Å². The summed E-state index contributed by atoms with van der Waals surface area (Å²) in [5, 5.41) is 2.72. The van der Waals surface area contributed by atoms with E-state index in [1.54, 1.807) is 0 Å². The van der Waals surface area contributed by atoms with E-state index in [4.69, 9.17) is 4.98 Å². The van der Waals surface area contributed by atoms with Gasteiger partial charge < -0.3 is 9.55 Å². The molecule has 5 nitrogen and oxygen atoms in total. The third-order valence-corrected chi connectivity index (χ3v) is 6.27. The number of nitrogens with zero attached hydrogens (tertiary/aromatic N) is 3. The average molecular weight is 376 g/mol. The minimum Gasteiger partial charge on any atom is -0.349 e. The van der Waals surface area contributed by atoms with Crippen molar-refractivity contribution in [1.82, 2.24) is 19.4 Å². The first kappa shape index (κ1) is 16.5. The Morgan fingerprint density at radius 3 is 2.89 bits per heavy atom. The Labute approximate surface area is 160 Å². The number of aromatic amines is 1. The van der Waals surface area contributed by atoms with Gasteiger partial charge in [0.15, 0.2) is 0 Å². The van der Waals surface area contributed by atoms with Crippen LogP contribution in [0.1, 0.15) is 24.5 Å². The van der Waals surface area contributed by atoms with Crippen molar-refractivity contribution in [3.8, 4) is 11.1 Å². The van der Waals surface area contributed by atoms with Gasteiger partial charge in [0.2, 0.25) is 0 Å². The highest BCUT2D eigenvalue weighted by Gasteiger charge is 2.24. The monoisotopic (exact) mass is 376 g/mol. The molecule has 0 spiro atoms. The van der Waals surface area contributed by atoms with Crippen LogP contribution in [0.25, 0.3) is 21.3 Å². The van der Waals surface area contributed by atoms with E-state index in [2.05, 4.69) is 39.7 Å². The van der Waals surface area contributed by atoms with Gasteiger partial charge in [-0.3, -0.25) is 9.69 Å². The fourth-order valence-corrected chi connectivity index (χ4v) is 4.90. The maximum atomic E-state index is 12.8. The van der Waals surface area contributed by atoms with Crippen molar-refractivity contribution in [3.05, 3.63) is 75.9 Å². The zero-order valence-corrected chi connectivity index (χ0v) is 15.9. The zero-order chi connectivity index (χ0) is 18.4. The molecule has 0 bridgehead atoms. The van der Waals surface area contributed by atoms with Gasteiger partial charge in [0.05, 0.1) is 11.9 Å². The summed E-state index contributed by atoms with van der Waals surface area (Å²) in [7, 11) is 0. The molecule has 1 unspecified atom stereocenters. The van der Waals surface area contributed by atoms with Gasteiger partial charge >= 0.3 is 0 Å². The fourth-order valence-electron chi connectivity index (χ4n) is 3.93. The Morgan fingerprint density at radius 1 is 1.19 bits per heavy atom. The van der Waals surface area contributed by atoms with E-state index in [-0.39, 0.29) is 5.56 Å². The lowest BCUT2D eigenvalue weighted by atomic mass is 10.1. The van der Waals surface area contributed by atoms with Crippen molar-refractivity contribution in [2.24, 2.45) is 0 Å². The lowest BCUT2D eigenvalue weighted by molar-refractivity contribution is 0.157. The summed E-state index contributed by atoms with van der Waals surface area (Å²) in [6.07, 6.45) is 2.13. The molecular formula is C21H20N4OS. The number of hydrogen-bond acceptors (Lipinski definition) is 4. The first-order chi connectivity index (χ1) is 13.2. The van der Waals surface area contributed by atoms with E-state index in [1.807, 2.05) is 35.7 Å². The molecular weight excluding hydrogens is 356 g/mol. The molecule has 5 rings (SSSR count). The van der Waals surface area contributed by atoms with E-state index in [1.165, 1.54) is 17.0 Å². The van der Waals surface area contributed by atoms with Gasteiger partial charge in [0.1, 0.15) is 10.7 Å². The second-order valence-electron chi connectivity index (χ2n) is 6.98. The molecule has 1 atom stereocenters. The van der Waals surface area contributed by atoms with Crippen LogP contribution < -0.4 is 5.56 Å². The second-order valence-corrected chi connectivity index (χ2v) is 7.84. The van der Waals surface area contributed by atoms with Gasteiger partial charge in [-0.1, -0.05) is 30.3 Å². The highest BCUT2D eigenvalue weighted by molar-refractivity contribution is 7.17. The molecule has 0 saturated heterocycles. The lowest BCUT2D eigenvalue weighted by Gasteiger charge is -2.34. The van der Waals surface area contributed by atoms with E-state index >= 15 is 0 Å². The van der Waals surface area contributed by atoms with Crippen molar-refractivity contribution in [1.29, 1.82) is 0 Å². The van der Waals surface area contributed by atoms with Gasteiger partial charge in [0, 0.05) is 42.0 Å². The molecule has 6 heteroatoms. The summed E-state index contributed by atoms with van der Waals surface area (Å²) in [6.45, 7) is 4.77. The van der Waals surface area contributed by atoms with Crippen molar-refractivity contribution in [3.63, 3.8) is 0 Å². The number of H-pyrrole nitrogens is 1. The molecule has 1 aromatic carbocycles. The zero-order valence-electron chi connectivity index (χ0n) is 15.1. The molecule has 1 aliphatic heterocycles. The van der Waals surface area contributed by atoms with Gasteiger partial charge in [-0.05, 0) is 24.6 Å². The number of benzene rings is 1. The van der Waals surface area contributed by atoms with E-state index in [0.29, 0.717) is 18.0 Å². The second kappa shape index (κ2) is 6.48. The maximum absolute atomic E-state index is 12.8. The van der Waals surface area contributed by atoms with Crippen LogP contribution in [0.2, 0.25) is 0 Å². The lowest BCUT2D eigenvalue weighted by Crippen LogP contribution is -2.36. The number of rotatable bonds is 3. The highest BCUT2D eigenvalue weighted by atomic mass is 32.1. The number of hydrogen-bond donors (Lipinski definition) is 1. The highest BCUT2D eigenvalue weighted by Crippen LogP contribution is 2.31. The molecule has 0 fully saturated rings. The minimum absolute atomic E-state index is 0.0526. The summed E-state index contributed by atoms with van der Waals surface area (Å²) in [5.41, 5.74) is 3.27. The smallest absolute Gasteiger partial charge is 0.260 e. The number of aromatic nitrogens is 3. The van der Waals surface area contributed by atoms with Gasteiger partial charge in [-0.25, -0.2) is 4.98 Å². The number of nitrogens with one attached hydrogen (secondary N) is 1. The molecule has 0 radical (unpaired) electrons. The van der Waals surface area contributed by atoms with E-state index in [0.717, 1.165) is 34.9 Å². The first-order valence-corrected chi connectivity index (χ1v) is 10.0. The quantitative estimate of drug-likeness (QED) is 0.587. The van der Waals surface area contributed by atoms with Crippen LogP contribution in [-0.2, 0) is 13.1 Å². The largest absolute Gasteiger partial charge is 0.349 e. The Hall–Kier alpha value is -2.70. The Bertz CT molecular complexity index is 1160. The predicted octanol–water partition coefficient (Wildman–Crippen LogP) is 4.03. The standard InChI is InChI=1S/C21H20N4OS/c1-14-17-8-5-9-24(17)10-11-25(14)12-18-22-20(26)19-16(13-27-21(19)23-18)15-6-3-2-4-7-15/h2-9,13-14H,10-12H2,1H3,(H,22,23,26). The van der Waals surface area contributed by atoms with Gasteiger partial charge in [-0.15, -0.1) is 11.3 Å². The van der Waals surface area contributed by atoms with Crippen molar-refractivity contribution >= 4 is 21.6 Å². The van der Waals surface area contributed by atoms with Crippen LogP contribution in [0.15, 0.2) is 58.8 Å². The molecule has 1 aliphatic rings. The molecule has 0 aliphatic carbocycles. The molecule has 1 N–H and O–H groups in total. The van der Waals surface area contributed by atoms with Crippen molar-refractivity contribution in [2.75, 3.05) is 6.54 Å². The Morgan fingerprint density at radius 2 is 2.04 bits per heavy atom. The summed E-state index contributed by atoms with van der Waals surface area (Å²) in [6, 6.07) is 14.6. The molecule has 27 heavy (non-hydrogen) atoms. The molecule has 0 amide bonds. The summed E-state index contributed by atoms with van der Waals surface area (Å²) < 4.78 is 2.30. The molecule has 4 aromatic rings. The third kappa shape index (κ3) is 2.81. The van der Waals surface area contributed by atoms with Crippen molar-refractivity contribution in [2.45, 2.75) is 26.1 Å². The van der Waals surface area contributed by atoms with Gasteiger partial charge in [-0.2, -0.15) is 0 Å². The molecule has 0 saturated carbocycles. The molecule has 3 aromatic heterocycles. The topological polar surface area (TPSA) is 53.9 Å². The fraction of sp³-hybridized carbons (Fsp3) is 0.238. The summed E-state index contributed by atoms with van der Waals surface area (Å²) in [5.74, 6) is 0.737. The average Bonchev–Trinajstić information content (AvgIpc) is 3.32. The Balaban J connectivity index is 1.48. The maximum Gasteiger partial charge on any atom is 0.260 e. The first-order valence-electron chi connectivity index (χ1n) is 9.15. The predicted molar refractivity (Wildman–Crippen MR) is 109 cm³/mol.